The van der Waals surface area contributed by atoms with Gasteiger partial charge in [-0.25, -0.2) is 0 Å². The first kappa shape index (κ1) is 23.1. The van der Waals surface area contributed by atoms with Crippen molar-refractivity contribution in [3.05, 3.63) is 11.8 Å². The molecule has 0 saturated carbocycles. The Bertz CT molecular complexity index is 582. The Balaban J connectivity index is 2.67. The number of aryl methyl sites for hydroxylation is 1. The van der Waals surface area contributed by atoms with Gasteiger partial charge in [0.05, 0.1) is 0 Å². The van der Waals surface area contributed by atoms with Gasteiger partial charge in [0.15, 0.2) is 5.82 Å². The van der Waals surface area contributed by atoms with E-state index >= 15 is 0 Å². The van der Waals surface area contributed by atoms with E-state index in [1.54, 1.807) is 17.9 Å². The van der Waals surface area contributed by atoms with Gasteiger partial charge in [-0.3, -0.25) is 9.59 Å². The summed E-state index contributed by atoms with van der Waals surface area (Å²) in [5, 5.41) is 6.48. The maximum absolute atomic E-state index is 12.7. The molecule has 1 aromatic heterocycles. The van der Waals surface area contributed by atoms with Gasteiger partial charge < -0.3 is 19.6 Å². The van der Waals surface area contributed by atoms with E-state index in [4.69, 9.17) is 4.52 Å². The molecule has 0 unspecified atom stereocenters. The minimum Gasteiger partial charge on any atom is -0.360 e. The molecule has 0 spiro atoms. The Kier molecular flexibility index (Phi) is 10.1. The third-order valence-corrected chi connectivity index (χ3v) is 4.64. The highest BCUT2D eigenvalue weighted by atomic mass is 16.5. The summed E-state index contributed by atoms with van der Waals surface area (Å²) < 4.78 is 4.96. The lowest BCUT2D eigenvalue weighted by Crippen LogP contribution is -2.44. The first-order valence-corrected chi connectivity index (χ1v) is 10.0. The normalized spacial score (nSPS) is 12.4. The molecule has 0 bridgehead atoms. The number of nitrogens with one attached hydrogen (secondary N) is 1. The molecule has 1 N–H and O–H groups in total. The topological polar surface area (TPSA) is 78.7 Å². The standard InChI is InChI=1S/C20H36N4O3/c1-7-23(8-2)11-9-10-16(5)24(20(26)12-15(3)4)14-19(25)21-18-13-17(6)27-22-18/h13,15-16H,7-12,14H2,1-6H3,(H,21,22,25)/t16-/m0/s1. The number of amides is 2. The van der Waals surface area contributed by atoms with Crippen LogP contribution < -0.4 is 5.32 Å². The number of carbonyl (C=O) groups excluding carboxylic acids is 2. The molecule has 0 aliphatic carbocycles. The molecule has 0 aliphatic rings. The molecule has 2 amide bonds. The summed E-state index contributed by atoms with van der Waals surface area (Å²) in [6, 6.07) is 1.67. The summed E-state index contributed by atoms with van der Waals surface area (Å²) in [7, 11) is 0. The molecule has 27 heavy (non-hydrogen) atoms. The third kappa shape index (κ3) is 8.56. The molecular formula is C20H36N4O3. The van der Waals surface area contributed by atoms with Crippen molar-refractivity contribution in [2.24, 2.45) is 5.92 Å². The van der Waals surface area contributed by atoms with Crippen LogP contribution in [0.1, 0.15) is 59.6 Å². The fourth-order valence-corrected chi connectivity index (χ4v) is 3.02. The molecule has 154 valence electrons. The van der Waals surface area contributed by atoms with Gasteiger partial charge >= 0.3 is 0 Å². The van der Waals surface area contributed by atoms with Crippen molar-refractivity contribution in [1.82, 2.24) is 15.0 Å². The number of anilines is 1. The minimum absolute atomic E-state index is 0.0107. The van der Waals surface area contributed by atoms with Crippen LogP contribution >= 0.6 is 0 Å². The summed E-state index contributed by atoms with van der Waals surface area (Å²) >= 11 is 0. The Hall–Kier alpha value is -1.89. The molecule has 0 fully saturated rings. The molecule has 0 aliphatic heterocycles. The van der Waals surface area contributed by atoms with Gasteiger partial charge in [-0.05, 0) is 52.2 Å². The number of hydrogen-bond acceptors (Lipinski definition) is 5. The van der Waals surface area contributed by atoms with E-state index in [2.05, 4.69) is 29.2 Å². The van der Waals surface area contributed by atoms with Crippen molar-refractivity contribution in [3.63, 3.8) is 0 Å². The van der Waals surface area contributed by atoms with Crippen LogP contribution in [0.5, 0.6) is 0 Å². The van der Waals surface area contributed by atoms with Crippen LogP contribution in [0.25, 0.3) is 0 Å². The van der Waals surface area contributed by atoms with Crippen LogP contribution in [0, 0.1) is 12.8 Å². The maximum Gasteiger partial charge on any atom is 0.245 e. The predicted molar refractivity (Wildman–Crippen MR) is 108 cm³/mol. The number of nitrogens with zero attached hydrogens (tertiary/aromatic N) is 3. The number of rotatable bonds is 12. The average molecular weight is 381 g/mol. The van der Waals surface area contributed by atoms with E-state index in [0.29, 0.717) is 18.0 Å². The van der Waals surface area contributed by atoms with Gasteiger partial charge in [0.2, 0.25) is 11.8 Å². The van der Waals surface area contributed by atoms with Crippen LogP contribution in [-0.2, 0) is 9.59 Å². The highest BCUT2D eigenvalue weighted by Gasteiger charge is 2.23. The number of aromatic nitrogens is 1. The molecule has 1 atom stereocenters. The maximum atomic E-state index is 12.7. The second-order valence-corrected chi connectivity index (χ2v) is 7.51. The summed E-state index contributed by atoms with van der Waals surface area (Å²) in [6.07, 6.45) is 2.31. The Labute approximate surface area is 163 Å². The van der Waals surface area contributed by atoms with Crippen molar-refractivity contribution in [2.45, 2.75) is 66.8 Å². The predicted octanol–water partition coefficient (Wildman–Crippen LogP) is 3.31. The Morgan fingerprint density at radius 1 is 1.22 bits per heavy atom. The van der Waals surface area contributed by atoms with Crippen molar-refractivity contribution in [2.75, 3.05) is 31.5 Å². The summed E-state index contributed by atoms with van der Waals surface area (Å²) in [5.74, 6) is 1.03. The monoisotopic (exact) mass is 380 g/mol. The molecule has 1 aromatic rings. The van der Waals surface area contributed by atoms with Crippen LogP contribution in [0.3, 0.4) is 0 Å². The van der Waals surface area contributed by atoms with Gasteiger partial charge in [0, 0.05) is 18.5 Å². The number of hydrogen-bond donors (Lipinski definition) is 1. The lowest BCUT2D eigenvalue weighted by atomic mass is 10.1. The fraction of sp³-hybridized carbons (Fsp3) is 0.750. The van der Waals surface area contributed by atoms with Crippen LogP contribution in [0.2, 0.25) is 0 Å². The van der Waals surface area contributed by atoms with Gasteiger partial charge in [0.25, 0.3) is 0 Å². The largest absolute Gasteiger partial charge is 0.360 e. The Morgan fingerprint density at radius 3 is 2.41 bits per heavy atom. The van der Waals surface area contributed by atoms with Crippen LogP contribution in [0.4, 0.5) is 5.82 Å². The molecular weight excluding hydrogens is 344 g/mol. The summed E-state index contributed by atoms with van der Waals surface area (Å²) in [4.78, 5) is 29.2. The smallest absolute Gasteiger partial charge is 0.245 e. The summed E-state index contributed by atoms with van der Waals surface area (Å²) in [5.41, 5.74) is 0. The minimum atomic E-state index is -0.254. The first-order valence-electron chi connectivity index (χ1n) is 10.0. The zero-order chi connectivity index (χ0) is 20.4. The second kappa shape index (κ2) is 11.7. The molecule has 1 rings (SSSR count). The molecule has 0 aromatic carbocycles. The molecule has 0 radical (unpaired) electrons. The molecule has 0 saturated heterocycles. The first-order chi connectivity index (χ1) is 12.8. The lowest BCUT2D eigenvalue weighted by molar-refractivity contribution is -0.137. The third-order valence-electron chi connectivity index (χ3n) is 4.64. The van der Waals surface area contributed by atoms with E-state index in [9.17, 15) is 9.59 Å². The quantitative estimate of drug-likeness (QED) is 0.602. The average Bonchev–Trinajstić information content (AvgIpc) is 3.00. The number of carbonyl (C=O) groups is 2. The van der Waals surface area contributed by atoms with E-state index in [0.717, 1.165) is 32.5 Å². The van der Waals surface area contributed by atoms with Crippen molar-refractivity contribution < 1.29 is 14.1 Å². The van der Waals surface area contributed by atoms with Gasteiger partial charge in [0.1, 0.15) is 12.3 Å². The Morgan fingerprint density at radius 2 is 1.89 bits per heavy atom. The van der Waals surface area contributed by atoms with Gasteiger partial charge in [-0.2, -0.15) is 0 Å². The van der Waals surface area contributed by atoms with Crippen molar-refractivity contribution >= 4 is 17.6 Å². The zero-order valence-corrected chi connectivity index (χ0v) is 17.7. The van der Waals surface area contributed by atoms with Gasteiger partial charge in [-0.15, -0.1) is 0 Å². The highest BCUT2D eigenvalue weighted by molar-refractivity contribution is 5.93. The van der Waals surface area contributed by atoms with E-state index in [1.165, 1.54) is 0 Å². The molecule has 7 heteroatoms. The van der Waals surface area contributed by atoms with E-state index in [1.807, 2.05) is 20.8 Å². The highest BCUT2D eigenvalue weighted by Crippen LogP contribution is 2.14. The van der Waals surface area contributed by atoms with Crippen molar-refractivity contribution in [1.29, 1.82) is 0 Å². The van der Waals surface area contributed by atoms with Crippen molar-refractivity contribution in [3.8, 4) is 0 Å². The molecule has 1 heterocycles. The zero-order valence-electron chi connectivity index (χ0n) is 17.7. The second-order valence-electron chi connectivity index (χ2n) is 7.51. The van der Waals surface area contributed by atoms with E-state index in [-0.39, 0.29) is 30.3 Å². The van der Waals surface area contributed by atoms with Gasteiger partial charge in [-0.1, -0.05) is 32.9 Å². The van der Waals surface area contributed by atoms with Crippen LogP contribution in [-0.4, -0.2) is 59.0 Å². The molecule has 7 nitrogen and oxygen atoms in total. The lowest BCUT2D eigenvalue weighted by Gasteiger charge is -2.30. The van der Waals surface area contributed by atoms with Crippen LogP contribution in [0.15, 0.2) is 10.6 Å². The SMILES string of the molecule is CCN(CC)CCC[C@H](C)N(CC(=O)Nc1cc(C)on1)C(=O)CC(C)C. The van der Waals surface area contributed by atoms with E-state index < -0.39 is 0 Å². The fourth-order valence-electron chi connectivity index (χ4n) is 3.02. The summed E-state index contributed by atoms with van der Waals surface area (Å²) in [6.45, 7) is 15.2.